The number of pyridine rings is 1. The van der Waals surface area contributed by atoms with Crippen LogP contribution in [0.25, 0.3) is 0 Å². The number of carbonyl (C=O) groups is 2. The highest BCUT2D eigenvalue weighted by Gasteiger charge is 2.25. The third kappa shape index (κ3) is 4.89. The summed E-state index contributed by atoms with van der Waals surface area (Å²) >= 11 is 9.31. The summed E-state index contributed by atoms with van der Waals surface area (Å²) in [6, 6.07) is 18.0. The van der Waals surface area contributed by atoms with Crippen molar-refractivity contribution in [2.75, 3.05) is 36.4 Å². The molecule has 1 aliphatic rings. The fraction of sp³-hybridized carbons (Fsp3) is 0.174. The smallest absolute Gasteiger partial charge is 0.256 e. The summed E-state index contributed by atoms with van der Waals surface area (Å²) in [6.45, 7) is 2.48. The molecule has 31 heavy (non-hydrogen) atoms. The van der Waals surface area contributed by atoms with E-state index in [0.29, 0.717) is 52.5 Å². The molecule has 8 heteroatoms. The van der Waals surface area contributed by atoms with Crippen LogP contribution in [0.5, 0.6) is 0 Å². The van der Waals surface area contributed by atoms with Gasteiger partial charge in [0, 0.05) is 36.8 Å². The summed E-state index contributed by atoms with van der Waals surface area (Å²) < 4.78 is 0.697. The minimum Gasteiger partial charge on any atom is -0.353 e. The largest absolute Gasteiger partial charge is 0.353 e. The van der Waals surface area contributed by atoms with Gasteiger partial charge >= 0.3 is 0 Å². The zero-order valence-electron chi connectivity index (χ0n) is 16.6. The third-order valence-electron chi connectivity index (χ3n) is 5.13. The molecule has 2 amide bonds. The van der Waals surface area contributed by atoms with Crippen molar-refractivity contribution in [2.24, 2.45) is 0 Å². The van der Waals surface area contributed by atoms with E-state index in [1.54, 1.807) is 53.6 Å². The van der Waals surface area contributed by atoms with Gasteiger partial charge in [0.1, 0.15) is 5.82 Å². The molecule has 2 aromatic carbocycles. The highest BCUT2D eigenvalue weighted by Crippen LogP contribution is 2.23. The zero-order chi connectivity index (χ0) is 21.8. The first-order chi connectivity index (χ1) is 15.0. The van der Waals surface area contributed by atoms with E-state index in [1.165, 1.54) is 0 Å². The molecule has 1 aromatic heterocycles. The lowest BCUT2D eigenvalue weighted by Crippen LogP contribution is -2.49. The summed E-state index contributed by atoms with van der Waals surface area (Å²) in [4.78, 5) is 34.2. The molecule has 1 saturated heterocycles. The van der Waals surface area contributed by atoms with E-state index in [0.717, 1.165) is 5.82 Å². The average molecular weight is 500 g/mol. The topological polar surface area (TPSA) is 65.5 Å². The maximum absolute atomic E-state index is 13.2. The van der Waals surface area contributed by atoms with Crippen LogP contribution in [-0.2, 0) is 0 Å². The van der Waals surface area contributed by atoms with E-state index < -0.39 is 0 Å². The summed E-state index contributed by atoms with van der Waals surface area (Å²) in [7, 11) is 0. The number of hydrogen-bond acceptors (Lipinski definition) is 4. The highest BCUT2D eigenvalue weighted by molar-refractivity contribution is 9.10. The maximum atomic E-state index is 13.2. The van der Waals surface area contributed by atoms with Crippen molar-refractivity contribution >= 4 is 50.9 Å². The van der Waals surface area contributed by atoms with Crippen molar-refractivity contribution in [2.45, 2.75) is 0 Å². The highest BCUT2D eigenvalue weighted by atomic mass is 79.9. The van der Waals surface area contributed by atoms with E-state index in [4.69, 9.17) is 11.6 Å². The molecule has 0 spiro atoms. The van der Waals surface area contributed by atoms with Crippen LogP contribution in [0.3, 0.4) is 0 Å². The number of nitrogens with one attached hydrogen (secondary N) is 1. The molecule has 0 saturated carbocycles. The molecule has 158 valence electrons. The van der Waals surface area contributed by atoms with Crippen LogP contribution < -0.4 is 10.2 Å². The van der Waals surface area contributed by atoms with Gasteiger partial charge < -0.3 is 15.1 Å². The van der Waals surface area contributed by atoms with Crippen LogP contribution >= 0.6 is 27.5 Å². The fourth-order valence-electron chi connectivity index (χ4n) is 3.48. The Morgan fingerprint density at radius 3 is 2.26 bits per heavy atom. The molecule has 6 nitrogen and oxygen atoms in total. The number of aromatic nitrogens is 1. The quantitative estimate of drug-likeness (QED) is 0.564. The van der Waals surface area contributed by atoms with Gasteiger partial charge in [-0.2, -0.15) is 0 Å². The predicted octanol–water partition coefficient (Wildman–Crippen LogP) is 4.71. The number of hydrogen-bond donors (Lipinski definition) is 1. The molecular weight excluding hydrogens is 480 g/mol. The molecule has 0 atom stereocenters. The number of nitrogens with zero attached hydrogens (tertiary/aromatic N) is 3. The Bertz CT molecular complexity index is 1100. The third-order valence-corrected chi connectivity index (χ3v) is 6.04. The average Bonchev–Trinajstić information content (AvgIpc) is 2.80. The zero-order valence-corrected chi connectivity index (χ0v) is 18.9. The van der Waals surface area contributed by atoms with Crippen molar-refractivity contribution in [1.82, 2.24) is 9.88 Å². The van der Waals surface area contributed by atoms with Crippen LogP contribution in [0, 0.1) is 0 Å². The molecular formula is C23H20BrClN4O2. The normalized spacial score (nSPS) is 13.7. The number of rotatable bonds is 4. The monoisotopic (exact) mass is 498 g/mol. The van der Waals surface area contributed by atoms with Gasteiger partial charge in [0.15, 0.2) is 0 Å². The predicted molar refractivity (Wildman–Crippen MR) is 126 cm³/mol. The first-order valence-corrected chi connectivity index (χ1v) is 11.0. The molecule has 4 rings (SSSR count). The molecule has 1 fully saturated rings. The Morgan fingerprint density at radius 2 is 1.58 bits per heavy atom. The van der Waals surface area contributed by atoms with Gasteiger partial charge in [-0.25, -0.2) is 4.98 Å². The fourth-order valence-corrected chi connectivity index (χ4v) is 4.05. The van der Waals surface area contributed by atoms with Crippen LogP contribution in [0.15, 0.2) is 71.3 Å². The van der Waals surface area contributed by atoms with Gasteiger partial charge in [-0.1, -0.05) is 35.9 Å². The Morgan fingerprint density at radius 1 is 0.903 bits per heavy atom. The summed E-state index contributed by atoms with van der Waals surface area (Å²) in [5, 5.41) is 3.47. The van der Waals surface area contributed by atoms with Crippen molar-refractivity contribution in [1.29, 1.82) is 0 Å². The first kappa shape index (κ1) is 21.3. The lowest BCUT2D eigenvalue weighted by Gasteiger charge is -2.35. The Balaban J connectivity index is 1.45. The minimum absolute atomic E-state index is 0.105. The number of benzene rings is 2. The van der Waals surface area contributed by atoms with E-state index in [-0.39, 0.29) is 11.8 Å². The Labute approximate surface area is 194 Å². The molecule has 1 aliphatic heterocycles. The van der Waals surface area contributed by atoms with Crippen molar-refractivity contribution in [3.63, 3.8) is 0 Å². The van der Waals surface area contributed by atoms with Crippen LogP contribution in [0.1, 0.15) is 20.7 Å². The number of anilines is 2. The second kappa shape index (κ2) is 9.49. The lowest BCUT2D eigenvalue weighted by molar-refractivity contribution is 0.0747. The van der Waals surface area contributed by atoms with E-state index in [1.807, 2.05) is 18.2 Å². The number of piperazine rings is 1. The van der Waals surface area contributed by atoms with Gasteiger partial charge in [0.25, 0.3) is 11.8 Å². The van der Waals surface area contributed by atoms with Crippen LogP contribution in [0.2, 0.25) is 5.02 Å². The Hall–Kier alpha value is -2.90. The molecule has 0 unspecified atom stereocenters. The summed E-state index contributed by atoms with van der Waals surface area (Å²) in [5.41, 5.74) is 1.48. The molecule has 0 radical (unpaired) electrons. The molecule has 0 aliphatic carbocycles. The number of para-hydroxylation sites is 1. The minimum atomic E-state index is -0.272. The standard InChI is InChI=1S/C23H20BrClN4O2/c24-19-7-3-1-5-17(19)22(30)27-20-8-4-2-6-18(20)23(31)29-13-11-28(12-14-29)21-10-9-16(25)15-26-21/h1-10,15H,11-14H2,(H,27,30). The van der Waals surface area contributed by atoms with Crippen molar-refractivity contribution in [3.05, 3.63) is 87.5 Å². The van der Waals surface area contributed by atoms with Crippen LogP contribution in [-0.4, -0.2) is 47.9 Å². The van der Waals surface area contributed by atoms with Gasteiger partial charge in [0.2, 0.25) is 0 Å². The molecule has 0 bridgehead atoms. The second-order valence-electron chi connectivity index (χ2n) is 7.09. The van der Waals surface area contributed by atoms with Gasteiger partial charge in [-0.3, -0.25) is 9.59 Å². The molecule has 3 aromatic rings. The lowest BCUT2D eigenvalue weighted by atomic mass is 10.1. The molecule has 2 heterocycles. The summed E-state index contributed by atoms with van der Waals surface area (Å²) in [5.74, 6) is 0.468. The van der Waals surface area contributed by atoms with E-state index >= 15 is 0 Å². The van der Waals surface area contributed by atoms with Gasteiger partial charge in [-0.05, 0) is 52.3 Å². The van der Waals surface area contributed by atoms with Crippen molar-refractivity contribution in [3.8, 4) is 0 Å². The SMILES string of the molecule is O=C(Nc1ccccc1C(=O)N1CCN(c2ccc(Cl)cn2)CC1)c1ccccc1Br. The van der Waals surface area contributed by atoms with Gasteiger partial charge in [-0.15, -0.1) is 0 Å². The number of carbonyl (C=O) groups excluding carboxylic acids is 2. The summed E-state index contributed by atoms with van der Waals surface area (Å²) in [6.07, 6.45) is 1.62. The first-order valence-electron chi connectivity index (χ1n) is 9.83. The molecule has 1 N–H and O–H groups in total. The number of amides is 2. The maximum Gasteiger partial charge on any atom is 0.256 e. The van der Waals surface area contributed by atoms with E-state index in [9.17, 15) is 9.59 Å². The van der Waals surface area contributed by atoms with Crippen LogP contribution in [0.4, 0.5) is 11.5 Å². The second-order valence-corrected chi connectivity index (χ2v) is 8.38. The van der Waals surface area contributed by atoms with Crippen molar-refractivity contribution < 1.29 is 9.59 Å². The van der Waals surface area contributed by atoms with Gasteiger partial charge in [0.05, 0.1) is 21.8 Å². The number of halogens is 2. The Kier molecular flexibility index (Phi) is 6.53. The van der Waals surface area contributed by atoms with E-state index in [2.05, 4.69) is 31.1 Å².